The van der Waals surface area contributed by atoms with Crippen molar-refractivity contribution in [3.8, 4) is 28.7 Å². The standard InChI is InChI=1S/C29H25ClN6O2S/c1-17-18(2)39-29-26(17)27(21-8-10-22(30)11-9-21)33-23(28-35-34-19(3)36(28)29)16-25(37)32-14-5-7-24-20(6-4-13-31)12-15-38-24/h8-12,15,23H,13-14,16,31H2,1-3H3,(H,32,37)/t23-/m0/s1. The number of halogens is 1. The molecule has 1 atom stereocenters. The minimum atomic E-state index is -0.549. The Labute approximate surface area is 235 Å². The number of furan rings is 1. The molecule has 1 amide bonds. The monoisotopic (exact) mass is 556 g/mol. The SMILES string of the molecule is Cc1sc2c(c1C)C(c1ccc(Cl)cc1)=N[C@@H](CC(=O)NCC#Cc1occc1C#CCN)c1nnc(C)n1-2. The van der Waals surface area contributed by atoms with E-state index in [0.717, 1.165) is 33.2 Å². The summed E-state index contributed by atoms with van der Waals surface area (Å²) in [4.78, 5) is 19.3. The molecule has 0 saturated heterocycles. The van der Waals surface area contributed by atoms with Crippen molar-refractivity contribution in [2.24, 2.45) is 10.7 Å². The lowest BCUT2D eigenvalue weighted by molar-refractivity contribution is -0.121. The van der Waals surface area contributed by atoms with Crippen molar-refractivity contribution in [3.05, 3.63) is 86.2 Å². The molecule has 0 spiro atoms. The van der Waals surface area contributed by atoms with Crippen LogP contribution in [0.2, 0.25) is 5.02 Å². The van der Waals surface area contributed by atoms with Crippen LogP contribution in [0.15, 0.2) is 46.0 Å². The number of benzene rings is 1. The highest BCUT2D eigenvalue weighted by atomic mass is 35.5. The Kier molecular flexibility index (Phi) is 7.67. The van der Waals surface area contributed by atoms with Gasteiger partial charge >= 0.3 is 0 Å². The topological polar surface area (TPSA) is 111 Å². The number of fused-ring (bicyclic) bond motifs is 3. The first-order valence-corrected chi connectivity index (χ1v) is 13.4. The van der Waals surface area contributed by atoms with Crippen molar-refractivity contribution in [1.29, 1.82) is 0 Å². The molecule has 0 saturated carbocycles. The summed E-state index contributed by atoms with van der Waals surface area (Å²) in [5, 5.41) is 13.3. The van der Waals surface area contributed by atoms with Crippen LogP contribution in [0, 0.1) is 44.5 Å². The molecule has 196 valence electrons. The highest BCUT2D eigenvalue weighted by Gasteiger charge is 2.32. The van der Waals surface area contributed by atoms with E-state index in [2.05, 4.69) is 53.0 Å². The van der Waals surface area contributed by atoms with Crippen LogP contribution < -0.4 is 11.1 Å². The van der Waals surface area contributed by atoms with Crippen molar-refractivity contribution in [1.82, 2.24) is 20.1 Å². The number of nitrogens with zero attached hydrogens (tertiary/aromatic N) is 4. The van der Waals surface area contributed by atoms with Gasteiger partial charge in [-0.3, -0.25) is 14.4 Å². The lowest BCUT2D eigenvalue weighted by atomic mass is 9.99. The molecular weight excluding hydrogens is 532 g/mol. The second kappa shape index (κ2) is 11.3. The van der Waals surface area contributed by atoms with E-state index in [-0.39, 0.29) is 25.4 Å². The summed E-state index contributed by atoms with van der Waals surface area (Å²) in [6.45, 7) is 6.48. The predicted molar refractivity (Wildman–Crippen MR) is 152 cm³/mol. The van der Waals surface area contributed by atoms with E-state index in [0.29, 0.717) is 22.2 Å². The molecule has 1 aliphatic heterocycles. The summed E-state index contributed by atoms with van der Waals surface area (Å²) < 4.78 is 7.39. The van der Waals surface area contributed by atoms with Crippen molar-refractivity contribution in [2.75, 3.05) is 13.1 Å². The first-order valence-electron chi connectivity index (χ1n) is 12.3. The van der Waals surface area contributed by atoms with E-state index in [1.165, 1.54) is 11.1 Å². The minimum absolute atomic E-state index is 0.0812. The molecule has 10 heteroatoms. The van der Waals surface area contributed by atoms with Crippen LogP contribution in [0.25, 0.3) is 5.00 Å². The maximum absolute atomic E-state index is 13.0. The van der Waals surface area contributed by atoms with E-state index in [4.69, 9.17) is 26.7 Å². The van der Waals surface area contributed by atoms with Crippen molar-refractivity contribution < 1.29 is 9.21 Å². The number of carbonyl (C=O) groups is 1. The number of aryl methyl sites for hydroxylation is 2. The summed E-state index contributed by atoms with van der Waals surface area (Å²) >= 11 is 7.84. The predicted octanol–water partition coefficient (Wildman–Crippen LogP) is 4.26. The third-order valence-corrected chi connectivity index (χ3v) is 7.75. The lowest BCUT2D eigenvalue weighted by Crippen LogP contribution is -2.25. The first kappa shape index (κ1) is 26.5. The Morgan fingerprint density at radius 2 is 1.95 bits per heavy atom. The highest BCUT2D eigenvalue weighted by Crippen LogP contribution is 2.39. The molecule has 1 aromatic carbocycles. The van der Waals surface area contributed by atoms with Crippen LogP contribution in [0.5, 0.6) is 0 Å². The molecule has 3 aromatic heterocycles. The van der Waals surface area contributed by atoms with E-state index in [1.54, 1.807) is 17.4 Å². The fourth-order valence-corrected chi connectivity index (χ4v) is 5.64. The van der Waals surface area contributed by atoms with Gasteiger partial charge in [-0.25, -0.2) is 0 Å². The van der Waals surface area contributed by atoms with E-state index in [9.17, 15) is 4.79 Å². The summed E-state index contributed by atoms with van der Waals surface area (Å²) in [6.07, 6.45) is 1.60. The fourth-order valence-electron chi connectivity index (χ4n) is 4.30. The van der Waals surface area contributed by atoms with E-state index >= 15 is 0 Å². The molecule has 1 aliphatic rings. The van der Waals surface area contributed by atoms with Gasteiger partial charge in [0.1, 0.15) is 16.9 Å². The number of carbonyl (C=O) groups excluding carboxylic acids is 1. The van der Waals surface area contributed by atoms with Crippen LogP contribution in [0.4, 0.5) is 0 Å². The zero-order valence-electron chi connectivity index (χ0n) is 21.6. The first-order chi connectivity index (χ1) is 18.9. The zero-order valence-corrected chi connectivity index (χ0v) is 23.2. The largest absolute Gasteiger partial charge is 0.455 e. The number of thiophene rings is 1. The van der Waals surface area contributed by atoms with Crippen LogP contribution >= 0.6 is 22.9 Å². The quantitative estimate of drug-likeness (QED) is 0.365. The molecule has 0 unspecified atom stereocenters. The molecule has 3 N–H and O–H groups in total. The second-order valence-corrected chi connectivity index (χ2v) is 10.5. The van der Waals surface area contributed by atoms with Gasteiger partial charge in [0.2, 0.25) is 5.91 Å². The molecule has 5 rings (SSSR count). The van der Waals surface area contributed by atoms with Crippen LogP contribution in [0.1, 0.15) is 57.0 Å². The molecule has 0 bridgehead atoms. The number of hydrogen-bond acceptors (Lipinski definition) is 7. The highest BCUT2D eigenvalue weighted by molar-refractivity contribution is 7.15. The zero-order chi connectivity index (χ0) is 27.5. The summed E-state index contributed by atoms with van der Waals surface area (Å²) in [5.41, 5.74) is 9.97. The molecule has 8 nitrogen and oxygen atoms in total. The fraction of sp³-hybridized carbons (Fsp3) is 0.241. The smallest absolute Gasteiger partial charge is 0.223 e. The lowest BCUT2D eigenvalue weighted by Gasteiger charge is -2.12. The van der Waals surface area contributed by atoms with Gasteiger partial charge in [0.15, 0.2) is 11.6 Å². The van der Waals surface area contributed by atoms with Gasteiger partial charge in [-0.15, -0.1) is 21.5 Å². The van der Waals surface area contributed by atoms with Crippen LogP contribution in [0.3, 0.4) is 0 Å². The maximum Gasteiger partial charge on any atom is 0.223 e. The number of hydrogen-bond donors (Lipinski definition) is 2. The average Bonchev–Trinajstić information content (AvgIpc) is 3.59. The average molecular weight is 557 g/mol. The van der Waals surface area contributed by atoms with Crippen molar-refractivity contribution in [2.45, 2.75) is 33.2 Å². The van der Waals surface area contributed by atoms with Gasteiger partial charge in [-0.1, -0.05) is 41.5 Å². The summed E-state index contributed by atoms with van der Waals surface area (Å²) in [6, 6.07) is 8.77. The number of aliphatic imine (C=N–C) groups is 1. The number of nitrogens with one attached hydrogen (secondary N) is 1. The molecular formula is C29H25ClN6O2S. The molecule has 4 heterocycles. The Morgan fingerprint density at radius 3 is 2.72 bits per heavy atom. The van der Waals surface area contributed by atoms with Gasteiger partial charge in [0.05, 0.1) is 37.0 Å². The van der Waals surface area contributed by atoms with Crippen molar-refractivity contribution >= 4 is 34.6 Å². The van der Waals surface area contributed by atoms with Gasteiger partial charge < -0.3 is 15.5 Å². The molecule has 0 radical (unpaired) electrons. The Bertz CT molecular complexity index is 1710. The van der Waals surface area contributed by atoms with Gasteiger partial charge in [-0.2, -0.15) is 0 Å². The van der Waals surface area contributed by atoms with Gasteiger partial charge in [-0.05, 0) is 50.5 Å². The van der Waals surface area contributed by atoms with Gasteiger partial charge in [0, 0.05) is 21.0 Å². The maximum atomic E-state index is 13.0. The number of amides is 1. The summed E-state index contributed by atoms with van der Waals surface area (Å²) in [5.74, 6) is 13.1. The van der Waals surface area contributed by atoms with Crippen LogP contribution in [-0.4, -0.2) is 39.5 Å². The van der Waals surface area contributed by atoms with Gasteiger partial charge in [0.25, 0.3) is 0 Å². The number of rotatable bonds is 4. The Balaban J connectivity index is 1.43. The normalized spacial score (nSPS) is 13.7. The third-order valence-electron chi connectivity index (χ3n) is 6.30. The molecule has 39 heavy (non-hydrogen) atoms. The number of nitrogens with two attached hydrogens (primary N) is 1. The van der Waals surface area contributed by atoms with E-state index < -0.39 is 6.04 Å². The second-order valence-electron chi connectivity index (χ2n) is 8.86. The van der Waals surface area contributed by atoms with Crippen molar-refractivity contribution in [3.63, 3.8) is 0 Å². The third kappa shape index (κ3) is 5.39. The Hall–Kier alpha value is -4.15. The molecule has 0 fully saturated rings. The summed E-state index contributed by atoms with van der Waals surface area (Å²) in [7, 11) is 0. The van der Waals surface area contributed by atoms with Crippen LogP contribution in [-0.2, 0) is 4.79 Å². The molecule has 0 aliphatic carbocycles. The molecule has 4 aromatic rings. The Morgan fingerprint density at radius 1 is 1.15 bits per heavy atom. The number of aromatic nitrogens is 3. The minimum Gasteiger partial charge on any atom is -0.455 e. The van der Waals surface area contributed by atoms with E-state index in [1.807, 2.05) is 35.8 Å².